The highest BCUT2D eigenvalue weighted by atomic mass is 35.5. The third kappa shape index (κ3) is 4.31. The Labute approximate surface area is 185 Å². The number of urea groups is 1. The van der Waals surface area contributed by atoms with Gasteiger partial charge in [0, 0.05) is 18.8 Å². The molecule has 0 atom stereocenters. The Morgan fingerprint density at radius 2 is 1.83 bits per heavy atom. The summed E-state index contributed by atoms with van der Waals surface area (Å²) in [6.45, 7) is 5.27. The maximum atomic E-state index is 12.8. The summed E-state index contributed by atoms with van der Waals surface area (Å²) in [4.78, 5) is 28.6. The van der Waals surface area contributed by atoms with Gasteiger partial charge >= 0.3 is 6.03 Å². The molecule has 2 aromatic rings. The standard InChI is InChI=1S/C22H21Cl2N3O3/c1-14-10-17(26-6-8-30-9-7-26)4-3-16(14)12-20-21(28)27(22(29)25-20)13-15-2-5-18(23)19(24)11-15/h2-5,10-12H,6-9,13H2,1H3,(H,25,29). The van der Waals surface area contributed by atoms with E-state index in [2.05, 4.69) is 16.3 Å². The van der Waals surface area contributed by atoms with Crippen molar-refractivity contribution in [3.05, 3.63) is 68.8 Å². The Morgan fingerprint density at radius 1 is 1.07 bits per heavy atom. The first-order chi connectivity index (χ1) is 14.4. The number of benzene rings is 2. The van der Waals surface area contributed by atoms with Crippen LogP contribution in [0.2, 0.25) is 10.0 Å². The number of morpholine rings is 1. The second-order valence-corrected chi connectivity index (χ2v) is 8.08. The monoisotopic (exact) mass is 445 g/mol. The molecule has 2 saturated heterocycles. The summed E-state index contributed by atoms with van der Waals surface area (Å²) in [6, 6.07) is 10.7. The van der Waals surface area contributed by atoms with Gasteiger partial charge in [-0.3, -0.25) is 9.69 Å². The molecular formula is C22H21Cl2N3O3. The molecule has 4 rings (SSSR count). The van der Waals surface area contributed by atoms with E-state index in [9.17, 15) is 9.59 Å². The number of aryl methyl sites for hydroxylation is 1. The Balaban J connectivity index is 1.52. The lowest BCUT2D eigenvalue weighted by molar-refractivity contribution is -0.123. The number of amides is 3. The number of carbonyl (C=O) groups excluding carboxylic acids is 2. The van der Waals surface area contributed by atoms with Gasteiger partial charge in [0.15, 0.2) is 0 Å². The van der Waals surface area contributed by atoms with E-state index in [1.54, 1.807) is 24.3 Å². The zero-order chi connectivity index (χ0) is 21.3. The molecule has 2 aromatic carbocycles. The molecule has 8 heteroatoms. The Morgan fingerprint density at radius 3 is 2.53 bits per heavy atom. The summed E-state index contributed by atoms with van der Waals surface area (Å²) in [7, 11) is 0. The van der Waals surface area contributed by atoms with Crippen LogP contribution in [0.25, 0.3) is 6.08 Å². The van der Waals surface area contributed by atoms with Crippen molar-refractivity contribution in [3.63, 3.8) is 0 Å². The maximum absolute atomic E-state index is 12.8. The van der Waals surface area contributed by atoms with Crippen LogP contribution >= 0.6 is 23.2 Å². The molecule has 6 nitrogen and oxygen atoms in total. The summed E-state index contributed by atoms with van der Waals surface area (Å²) in [5.74, 6) is -0.372. The Bertz CT molecular complexity index is 1030. The highest BCUT2D eigenvalue weighted by Gasteiger charge is 2.33. The van der Waals surface area contributed by atoms with E-state index in [4.69, 9.17) is 27.9 Å². The predicted octanol–water partition coefficient (Wildman–Crippen LogP) is 4.23. The number of hydrogen-bond acceptors (Lipinski definition) is 4. The number of hydrogen-bond donors (Lipinski definition) is 1. The van der Waals surface area contributed by atoms with Crippen LogP contribution in [-0.4, -0.2) is 43.1 Å². The second kappa shape index (κ2) is 8.68. The Kier molecular flexibility index (Phi) is 5.99. The van der Waals surface area contributed by atoms with E-state index in [1.165, 1.54) is 0 Å². The quantitative estimate of drug-likeness (QED) is 0.564. The number of halogens is 2. The van der Waals surface area contributed by atoms with Crippen LogP contribution < -0.4 is 10.2 Å². The van der Waals surface area contributed by atoms with Gasteiger partial charge in [-0.1, -0.05) is 35.3 Å². The summed E-state index contributed by atoms with van der Waals surface area (Å²) in [5.41, 5.74) is 4.01. The van der Waals surface area contributed by atoms with E-state index in [0.29, 0.717) is 10.0 Å². The van der Waals surface area contributed by atoms with Crippen molar-refractivity contribution in [2.45, 2.75) is 13.5 Å². The summed E-state index contributed by atoms with van der Waals surface area (Å²) >= 11 is 12.0. The first kappa shape index (κ1) is 20.7. The van der Waals surface area contributed by atoms with Crippen molar-refractivity contribution in [3.8, 4) is 0 Å². The molecule has 0 bridgehead atoms. The van der Waals surface area contributed by atoms with Gasteiger partial charge in [0.05, 0.1) is 29.8 Å². The molecule has 2 aliphatic rings. The lowest BCUT2D eigenvalue weighted by atomic mass is 10.1. The SMILES string of the molecule is Cc1cc(N2CCOCC2)ccc1C=C1NC(=O)N(Cc2ccc(Cl)c(Cl)c2)C1=O. The lowest BCUT2D eigenvalue weighted by Gasteiger charge is -2.29. The van der Waals surface area contributed by atoms with Gasteiger partial charge < -0.3 is 15.0 Å². The molecule has 1 N–H and O–H groups in total. The number of anilines is 1. The van der Waals surface area contributed by atoms with Crippen molar-refractivity contribution in [1.82, 2.24) is 10.2 Å². The van der Waals surface area contributed by atoms with Crippen LogP contribution in [0.5, 0.6) is 0 Å². The first-order valence-electron chi connectivity index (χ1n) is 9.64. The molecule has 3 amide bonds. The fourth-order valence-corrected chi connectivity index (χ4v) is 3.85. The van der Waals surface area contributed by atoms with Gasteiger partial charge in [-0.2, -0.15) is 0 Å². The van der Waals surface area contributed by atoms with Gasteiger partial charge in [-0.05, 0) is 54.0 Å². The fraction of sp³-hybridized carbons (Fsp3) is 0.273. The molecule has 0 aliphatic carbocycles. The van der Waals surface area contributed by atoms with E-state index < -0.39 is 6.03 Å². The predicted molar refractivity (Wildman–Crippen MR) is 118 cm³/mol. The third-order valence-corrected chi connectivity index (χ3v) is 5.96. The van der Waals surface area contributed by atoms with E-state index in [0.717, 1.165) is 53.6 Å². The molecule has 0 aromatic heterocycles. The highest BCUT2D eigenvalue weighted by Crippen LogP contribution is 2.26. The zero-order valence-electron chi connectivity index (χ0n) is 16.5. The van der Waals surface area contributed by atoms with Crippen LogP contribution in [0.1, 0.15) is 16.7 Å². The van der Waals surface area contributed by atoms with Crippen LogP contribution in [0.3, 0.4) is 0 Å². The molecule has 2 aliphatic heterocycles. The van der Waals surface area contributed by atoms with Crippen molar-refractivity contribution >= 4 is 46.9 Å². The molecule has 2 fully saturated rings. The number of nitrogens with zero attached hydrogens (tertiary/aromatic N) is 2. The van der Waals surface area contributed by atoms with Crippen molar-refractivity contribution < 1.29 is 14.3 Å². The van der Waals surface area contributed by atoms with Gasteiger partial charge in [0.2, 0.25) is 0 Å². The lowest BCUT2D eigenvalue weighted by Crippen LogP contribution is -2.36. The van der Waals surface area contributed by atoms with Gasteiger partial charge in [-0.25, -0.2) is 4.79 Å². The molecule has 30 heavy (non-hydrogen) atoms. The highest BCUT2D eigenvalue weighted by molar-refractivity contribution is 6.42. The average molecular weight is 446 g/mol. The third-order valence-electron chi connectivity index (χ3n) is 5.22. The van der Waals surface area contributed by atoms with Gasteiger partial charge in [0.1, 0.15) is 5.70 Å². The summed E-state index contributed by atoms with van der Waals surface area (Å²) in [6.07, 6.45) is 1.72. The molecule has 2 heterocycles. The molecule has 0 spiro atoms. The van der Waals surface area contributed by atoms with E-state index >= 15 is 0 Å². The Hall–Kier alpha value is -2.54. The minimum absolute atomic E-state index is 0.119. The van der Waals surface area contributed by atoms with Crippen LogP contribution in [-0.2, 0) is 16.1 Å². The zero-order valence-corrected chi connectivity index (χ0v) is 18.0. The first-order valence-corrected chi connectivity index (χ1v) is 10.4. The van der Waals surface area contributed by atoms with Crippen molar-refractivity contribution in [1.29, 1.82) is 0 Å². The van der Waals surface area contributed by atoms with Gasteiger partial charge in [0.25, 0.3) is 5.91 Å². The minimum Gasteiger partial charge on any atom is -0.378 e. The smallest absolute Gasteiger partial charge is 0.329 e. The maximum Gasteiger partial charge on any atom is 0.329 e. The minimum atomic E-state index is -0.458. The number of rotatable bonds is 4. The van der Waals surface area contributed by atoms with Gasteiger partial charge in [-0.15, -0.1) is 0 Å². The number of imide groups is 1. The molecule has 156 valence electrons. The number of ether oxygens (including phenoxy) is 1. The van der Waals surface area contributed by atoms with Crippen LogP contribution in [0.15, 0.2) is 42.1 Å². The largest absolute Gasteiger partial charge is 0.378 e. The summed E-state index contributed by atoms with van der Waals surface area (Å²) in [5, 5.41) is 3.47. The summed E-state index contributed by atoms with van der Waals surface area (Å²) < 4.78 is 5.40. The molecule has 0 saturated carbocycles. The van der Waals surface area contributed by atoms with Crippen LogP contribution in [0, 0.1) is 6.92 Å². The molecule has 0 unspecified atom stereocenters. The molecular weight excluding hydrogens is 425 g/mol. The molecule has 0 radical (unpaired) electrons. The number of carbonyl (C=O) groups is 2. The fourth-order valence-electron chi connectivity index (χ4n) is 3.53. The normalized spacial score (nSPS) is 18.3. The van der Waals surface area contributed by atoms with E-state index in [1.807, 2.05) is 19.1 Å². The second-order valence-electron chi connectivity index (χ2n) is 7.27. The topological polar surface area (TPSA) is 61.9 Å². The number of nitrogens with one attached hydrogen (secondary N) is 1. The van der Waals surface area contributed by atoms with Crippen LogP contribution in [0.4, 0.5) is 10.5 Å². The average Bonchev–Trinajstić information content (AvgIpc) is 3.00. The van der Waals surface area contributed by atoms with Crippen molar-refractivity contribution in [2.75, 3.05) is 31.2 Å². The van der Waals surface area contributed by atoms with Crippen molar-refractivity contribution in [2.24, 2.45) is 0 Å². The van der Waals surface area contributed by atoms with E-state index in [-0.39, 0.29) is 18.1 Å².